The Bertz CT molecular complexity index is 361. The second kappa shape index (κ2) is 5.06. The fourth-order valence-corrected chi connectivity index (χ4v) is 0.970. The van der Waals surface area contributed by atoms with Gasteiger partial charge in [0.25, 0.3) is 0 Å². The predicted molar refractivity (Wildman–Crippen MR) is 53.3 cm³/mol. The Morgan fingerprint density at radius 1 is 1.47 bits per heavy atom. The van der Waals surface area contributed by atoms with E-state index in [9.17, 15) is 9.59 Å². The highest BCUT2D eigenvalue weighted by atomic mass is 16.4. The molecule has 6 nitrogen and oxygen atoms in total. The van der Waals surface area contributed by atoms with E-state index in [-0.39, 0.29) is 18.9 Å². The first-order valence-electron chi connectivity index (χ1n) is 4.28. The number of carbonyl (C=O) groups excluding carboxylic acids is 1. The molecule has 6 heteroatoms. The molecule has 0 aromatic carbocycles. The van der Waals surface area contributed by atoms with Gasteiger partial charge in [-0.25, -0.2) is 0 Å². The van der Waals surface area contributed by atoms with Crippen molar-refractivity contribution < 1.29 is 14.7 Å². The van der Waals surface area contributed by atoms with Crippen molar-refractivity contribution in [3.05, 3.63) is 24.0 Å². The molecule has 0 unspecified atom stereocenters. The van der Waals surface area contributed by atoms with Crippen molar-refractivity contribution in [2.24, 2.45) is 5.73 Å². The molecule has 80 valence electrons. The van der Waals surface area contributed by atoms with Crippen LogP contribution in [0.15, 0.2) is 18.3 Å². The molecule has 0 atom stereocenters. The molecule has 0 bridgehead atoms. The van der Waals surface area contributed by atoms with Gasteiger partial charge in [-0.1, -0.05) is 0 Å². The van der Waals surface area contributed by atoms with Gasteiger partial charge in [0.1, 0.15) is 0 Å². The van der Waals surface area contributed by atoms with Crippen molar-refractivity contribution in [3.63, 3.8) is 0 Å². The van der Waals surface area contributed by atoms with Gasteiger partial charge >= 0.3 is 5.97 Å². The quantitative estimate of drug-likeness (QED) is 0.626. The molecule has 1 aromatic rings. The third-order valence-electron chi connectivity index (χ3n) is 1.63. The van der Waals surface area contributed by atoms with Gasteiger partial charge in [-0.2, -0.15) is 0 Å². The van der Waals surface area contributed by atoms with Crippen LogP contribution in [0.5, 0.6) is 0 Å². The normalized spacial score (nSPS) is 9.67. The molecule has 1 rings (SSSR count). The highest BCUT2D eigenvalue weighted by Gasteiger charge is 2.03. The Morgan fingerprint density at radius 2 is 2.20 bits per heavy atom. The van der Waals surface area contributed by atoms with Crippen LogP contribution in [0.2, 0.25) is 0 Å². The van der Waals surface area contributed by atoms with Crippen LogP contribution in [-0.2, 0) is 16.0 Å². The number of aliphatic carboxylic acids is 1. The Balaban J connectivity index is 2.64. The number of carbonyl (C=O) groups is 2. The molecule has 1 heterocycles. The summed E-state index contributed by atoms with van der Waals surface area (Å²) in [6.45, 7) is -0.100. The lowest BCUT2D eigenvalue weighted by Crippen LogP contribution is -2.21. The summed E-state index contributed by atoms with van der Waals surface area (Å²) in [5.74, 6) is -1.26. The lowest BCUT2D eigenvalue weighted by Gasteiger charge is -2.03. The van der Waals surface area contributed by atoms with E-state index in [1.54, 1.807) is 12.1 Å². The van der Waals surface area contributed by atoms with Crippen molar-refractivity contribution in [1.82, 2.24) is 4.98 Å². The van der Waals surface area contributed by atoms with Gasteiger partial charge in [-0.15, -0.1) is 0 Å². The zero-order chi connectivity index (χ0) is 11.3. The van der Waals surface area contributed by atoms with E-state index in [0.717, 1.165) is 0 Å². The molecule has 4 N–H and O–H groups in total. The van der Waals surface area contributed by atoms with Crippen LogP contribution in [0.1, 0.15) is 5.69 Å². The highest BCUT2D eigenvalue weighted by molar-refractivity contribution is 5.91. The minimum Gasteiger partial charge on any atom is -0.481 e. The molecule has 0 spiro atoms. The Kier molecular flexibility index (Phi) is 3.75. The van der Waals surface area contributed by atoms with Crippen LogP contribution in [-0.4, -0.2) is 28.5 Å². The van der Waals surface area contributed by atoms with Crippen LogP contribution in [0.4, 0.5) is 5.69 Å². The lowest BCUT2D eigenvalue weighted by molar-refractivity contribution is -0.136. The number of nitrogens with two attached hydrogens (primary N) is 1. The molecule has 0 saturated carbocycles. The zero-order valence-corrected chi connectivity index (χ0v) is 7.93. The topological polar surface area (TPSA) is 105 Å². The van der Waals surface area contributed by atoms with Gasteiger partial charge in [0.15, 0.2) is 0 Å². The fourth-order valence-electron chi connectivity index (χ4n) is 0.970. The SMILES string of the molecule is NCC(=O)Nc1ccc(CC(=O)O)nc1. The number of hydrogen-bond acceptors (Lipinski definition) is 4. The van der Waals surface area contributed by atoms with Gasteiger partial charge in [0, 0.05) is 0 Å². The zero-order valence-electron chi connectivity index (χ0n) is 7.93. The number of nitrogens with zero attached hydrogens (tertiary/aromatic N) is 1. The molecular formula is C9H11N3O3. The summed E-state index contributed by atoms with van der Waals surface area (Å²) in [6, 6.07) is 3.12. The molecule has 0 aliphatic carbocycles. The molecule has 15 heavy (non-hydrogen) atoms. The molecule has 0 saturated heterocycles. The first-order valence-corrected chi connectivity index (χ1v) is 4.28. The van der Waals surface area contributed by atoms with Crippen molar-refractivity contribution in [1.29, 1.82) is 0 Å². The first-order chi connectivity index (χ1) is 7.11. The molecule has 0 radical (unpaired) electrons. The van der Waals surface area contributed by atoms with Crippen LogP contribution < -0.4 is 11.1 Å². The predicted octanol–water partition coefficient (Wildman–Crippen LogP) is -0.394. The lowest BCUT2D eigenvalue weighted by atomic mass is 10.2. The highest BCUT2D eigenvalue weighted by Crippen LogP contribution is 2.06. The maximum absolute atomic E-state index is 10.9. The van der Waals surface area contributed by atoms with Crippen LogP contribution in [0.3, 0.4) is 0 Å². The monoisotopic (exact) mass is 209 g/mol. The van der Waals surface area contributed by atoms with E-state index >= 15 is 0 Å². The summed E-state index contributed by atoms with van der Waals surface area (Å²) in [4.78, 5) is 25.1. The number of rotatable bonds is 4. The average molecular weight is 209 g/mol. The van der Waals surface area contributed by atoms with E-state index < -0.39 is 5.97 Å². The number of anilines is 1. The number of pyridine rings is 1. The minimum atomic E-state index is -0.943. The molecule has 1 amide bonds. The van der Waals surface area contributed by atoms with E-state index in [2.05, 4.69) is 10.3 Å². The van der Waals surface area contributed by atoms with Crippen molar-refractivity contribution in [2.75, 3.05) is 11.9 Å². The Labute approximate surface area is 86.1 Å². The van der Waals surface area contributed by atoms with Gasteiger partial charge in [0.2, 0.25) is 5.91 Å². The van der Waals surface area contributed by atoms with Crippen LogP contribution >= 0.6 is 0 Å². The maximum Gasteiger partial charge on any atom is 0.309 e. The summed E-state index contributed by atoms with van der Waals surface area (Å²) in [6.07, 6.45) is 1.26. The molecular weight excluding hydrogens is 198 g/mol. The van der Waals surface area contributed by atoms with Gasteiger partial charge < -0.3 is 16.2 Å². The number of hydrogen-bond donors (Lipinski definition) is 3. The summed E-state index contributed by atoms with van der Waals surface area (Å²) < 4.78 is 0. The Hall–Kier alpha value is -1.95. The summed E-state index contributed by atoms with van der Waals surface area (Å²) in [5.41, 5.74) is 6.04. The number of aromatic nitrogens is 1. The third kappa shape index (κ3) is 3.74. The van der Waals surface area contributed by atoms with Crippen molar-refractivity contribution >= 4 is 17.6 Å². The van der Waals surface area contributed by atoms with Gasteiger partial charge in [-0.3, -0.25) is 14.6 Å². The van der Waals surface area contributed by atoms with E-state index in [4.69, 9.17) is 10.8 Å². The van der Waals surface area contributed by atoms with E-state index in [1.165, 1.54) is 6.20 Å². The summed E-state index contributed by atoms with van der Waals surface area (Å²) in [7, 11) is 0. The van der Waals surface area contributed by atoms with Crippen LogP contribution in [0, 0.1) is 0 Å². The molecule has 1 aromatic heterocycles. The third-order valence-corrected chi connectivity index (χ3v) is 1.63. The average Bonchev–Trinajstić information content (AvgIpc) is 2.20. The van der Waals surface area contributed by atoms with E-state index in [1.807, 2.05) is 0 Å². The smallest absolute Gasteiger partial charge is 0.309 e. The van der Waals surface area contributed by atoms with Crippen molar-refractivity contribution in [3.8, 4) is 0 Å². The van der Waals surface area contributed by atoms with E-state index in [0.29, 0.717) is 11.4 Å². The number of carboxylic acids is 1. The summed E-state index contributed by atoms with van der Waals surface area (Å²) in [5, 5.41) is 11.0. The second-order valence-electron chi connectivity index (χ2n) is 2.86. The number of carboxylic acid groups (broad SMARTS) is 1. The maximum atomic E-state index is 10.9. The standard InChI is InChI=1S/C9H11N3O3/c10-4-8(13)12-7-2-1-6(11-5-7)3-9(14)15/h1-2,5H,3-4,10H2,(H,12,13)(H,14,15). The minimum absolute atomic E-state index is 0.100. The molecule has 0 fully saturated rings. The Morgan fingerprint density at radius 3 is 2.67 bits per heavy atom. The first kappa shape index (κ1) is 11.1. The summed E-state index contributed by atoms with van der Waals surface area (Å²) >= 11 is 0. The van der Waals surface area contributed by atoms with Crippen LogP contribution in [0.25, 0.3) is 0 Å². The second-order valence-corrected chi connectivity index (χ2v) is 2.86. The fraction of sp³-hybridized carbons (Fsp3) is 0.222. The molecule has 0 aliphatic rings. The number of nitrogens with one attached hydrogen (secondary N) is 1. The largest absolute Gasteiger partial charge is 0.481 e. The van der Waals surface area contributed by atoms with Gasteiger partial charge in [-0.05, 0) is 12.1 Å². The molecule has 0 aliphatic heterocycles. The van der Waals surface area contributed by atoms with Crippen molar-refractivity contribution in [2.45, 2.75) is 6.42 Å². The number of amides is 1. The van der Waals surface area contributed by atoms with Gasteiger partial charge in [0.05, 0.1) is 30.5 Å².